The number of pyridine rings is 1. The van der Waals surface area contributed by atoms with Crippen molar-refractivity contribution in [3.63, 3.8) is 0 Å². The Morgan fingerprint density at radius 1 is 1.39 bits per heavy atom. The van der Waals surface area contributed by atoms with Crippen LogP contribution in [0.15, 0.2) is 42.6 Å². The van der Waals surface area contributed by atoms with E-state index in [4.69, 9.17) is 10.00 Å². The predicted octanol–water partition coefficient (Wildman–Crippen LogP) is 2.27. The maximum Gasteiger partial charge on any atom is 0.406 e. The van der Waals surface area contributed by atoms with Gasteiger partial charge in [0.25, 0.3) is 5.91 Å². The summed E-state index contributed by atoms with van der Waals surface area (Å²) < 4.78 is 5.32. The second kappa shape index (κ2) is 7.00. The Labute approximate surface area is 131 Å². The summed E-state index contributed by atoms with van der Waals surface area (Å²) in [7, 11) is 0. The number of nitriles is 1. The maximum atomic E-state index is 12.1. The second-order valence-electron chi connectivity index (χ2n) is 4.49. The number of carbonyl (C=O) groups is 1. The molecule has 1 aromatic heterocycles. The highest BCUT2D eigenvalue weighted by atomic mass is 16.6. The monoisotopic (exact) mass is 312 g/mol. The van der Waals surface area contributed by atoms with Crippen molar-refractivity contribution in [3.8, 4) is 11.8 Å². The van der Waals surface area contributed by atoms with Crippen LogP contribution in [0.5, 0.6) is 5.75 Å². The van der Waals surface area contributed by atoms with E-state index in [1.165, 1.54) is 25.3 Å². The molecule has 0 aliphatic rings. The first-order chi connectivity index (χ1) is 11.0. The van der Waals surface area contributed by atoms with Crippen LogP contribution in [0.3, 0.4) is 0 Å². The van der Waals surface area contributed by atoms with Crippen molar-refractivity contribution in [2.24, 2.45) is 0 Å². The van der Waals surface area contributed by atoms with E-state index in [2.05, 4.69) is 10.3 Å². The summed E-state index contributed by atoms with van der Waals surface area (Å²) in [4.78, 5) is 25.9. The molecule has 0 saturated carbocycles. The van der Waals surface area contributed by atoms with Gasteiger partial charge in [-0.3, -0.25) is 4.79 Å². The standard InChI is InChI=1S/C15H12N4O4/c1-10(23-13-7-4-8-17-14(13)19(21)22)15(20)18-12-6-3-2-5-11(12)9-16/h2-8,10H,1H3,(H,18,20)/t10-/m0/s1. The first-order valence-corrected chi connectivity index (χ1v) is 6.59. The fourth-order valence-corrected chi connectivity index (χ4v) is 1.78. The van der Waals surface area contributed by atoms with Crippen molar-refractivity contribution in [2.75, 3.05) is 5.32 Å². The average Bonchev–Trinajstić information content (AvgIpc) is 2.55. The molecule has 2 rings (SSSR count). The molecule has 1 amide bonds. The third-order valence-electron chi connectivity index (χ3n) is 2.90. The Kier molecular flexibility index (Phi) is 4.84. The first kappa shape index (κ1) is 15.9. The molecule has 8 nitrogen and oxygen atoms in total. The van der Waals surface area contributed by atoms with Gasteiger partial charge in [-0.25, -0.2) is 0 Å². The van der Waals surface area contributed by atoms with E-state index in [0.29, 0.717) is 11.3 Å². The number of aromatic nitrogens is 1. The lowest BCUT2D eigenvalue weighted by Crippen LogP contribution is -2.30. The maximum absolute atomic E-state index is 12.1. The topological polar surface area (TPSA) is 118 Å². The molecule has 0 saturated heterocycles. The van der Waals surface area contributed by atoms with Gasteiger partial charge in [-0.05, 0) is 41.1 Å². The fourth-order valence-electron chi connectivity index (χ4n) is 1.78. The Hall–Kier alpha value is -3.47. The van der Waals surface area contributed by atoms with Crippen molar-refractivity contribution in [3.05, 3.63) is 58.3 Å². The highest BCUT2D eigenvalue weighted by Gasteiger charge is 2.22. The molecule has 1 heterocycles. The number of nitrogens with zero attached hydrogens (tertiary/aromatic N) is 3. The lowest BCUT2D eigenvalue weighted by molar-refractivity contribution is -0.390. The molecule has 2 aromatic rings. The van der Waals surface area contributed by atoms with E-state index >= 15 is 0 Å². The van der Waals surface area contributed by atoms with E-state index < -0.39 is 22.8 Å². The number of ether oxygens (including phenoxy) is 1. The molecular formula is C15H12N4O4. The Morgan fingerprint density at radius 2 is 2.13 bits per heavy atom. The summed E-state index contributed by atoms with van der Waals surface area (Å²) in [5, 5.41) is 22.4. The lowest BCUT2D eigenvalue weighted by atomic mass is 10.2. The van der Waals surface area contributed by atoms with E-state index in [-0.39, 0.29) is 5.75 Å². The molecular weight excluding hydrogens is 300 g/mol. The normalized spacial score (nSPS) is 11.1. The molecule has 23 heavy (non-hydrogen) atoms. The average molecular weight is 312 g/mol. The third kappa shape index (κ3) is 3.79. The molecule has 0 aliphatic heterocycles. The Balaban J connectivity index is 2.12. The fraction of sp³-hybridized carbons (Fsp3) is 0.133. The van der Waals surface area contributed by atoms with Crippen molar-refractivity contribution < 1.29 is 14.5 Å². The van der Waals surface area contributed by atoms with Crippen LogP contribution >= 0.6 is 0 Å². The van der Waals surface area contributed by atoms with Crippen LogP contribution in [-0.2, 0) is 4.79 Å². The van der Waals surface area contributed by atoms with Gasteiger partial charge >= 0.3 is 5.82 Å². The summed E-state index contributed by atoms with van der Waals surface area (Å²) in [6, 6.07) is 11.3. The number of benzene rings is 1. The second-order valence-corrected chi connectivity index (χ2v) is 4.49. The minimum atomic E-state index is -1.01. The zero-order chi connectivity index (χ0) is 16.8. The molecule has 0 bridgehead atoms. The number of amides is 1. The Morgan fingerprint density at radius 3 is 2.83 bits per heavy atom. The smallest absolute Gasteiger partial charge is 0.406 e. The number of anilines is 1. The molecule has 0 fully saturated rings. The molecule has 116 valence electrons. The Bertz CT molecular complexity index is 785. The first-order valence-electron chi connectivity index (χ1n) is 6.59. The number of nitrogens with one attached hydrogen (secondary N) is 1. The number of carbonyl (C=O) groups excluding carboxylic acids is 1. The quantitative estimate of drug-likeness (QED) is 0.668. The van der Waals surface area contributed by atoms with Gasteiger partial charge in [0, 0.05) is 0 Å². The van der Waals surface area contributed by atoms with E-state index in [1.54, 1.807) is 24.3 Å². The zero-order valence-corrected chi connectivity index (χ0v) is 12.1. The highest BCUT2D eigenvalue weighted by molar-refractivity contribution is 5.95. The molecule has 0 spiro atoms. The minimum absolute atomic E-state index is 0.103. The van der Waals surface area contributed by atoms with E-state index in [0.717, 1.165) is 0 Å². The number of nitro groups is 1. The van der Waals surface area contributed by atoms with Crippen LogP contribution in [-0.4, -0.2) is 21.9 Å². The predicted molar refractivity (Wildman–Crippen MR) is 80.8 cm³/mol. The van der Waals surface area contributed by atoms with Gasteiger partial charge in [0.15, 0.2) is 6.10 Å². The van der Waals surface area contributed by atoms with Crippen LogP contribution in [0.2, 0.25) is 0 Å². The summed E-state index contributed by atoms with van der Waals surface area (Å²) >= 11 is 0. The molecule has 8 heteroatoms. The van der Waals surface area contributed by atoms with Crippen molar-refractivity contribution in [2.45, 2.75) is 13.0 Å². The molecule has 1 atom stereocenters. The summed E-state index contributed by atoms with van der Waals surface area (Å²) in [6.07, 6.45) is 0.253. The van der Waals surface area contributed by atoms with Crippen molar-refractivity contribution in [1.29, 1.82) is 5.26 Å². The summed E-state index contributed by atoms with van der Waals surface area (Å²) in [6.45, 7) is 1.45. The third-order valence-corrected chi connectivity index (χ3v) is 2.90. The lowest BCUT2D eigenvalue weighted by Gasteiger charge is -2.14. The summed E-state index contributed by atoms with van der Waals surface area (Å²) in [5.74, 6) is -1.11. The SMILES string of the molecule is C[C@H](Oc1cccnc1[N+](=O)[O-])C(=O)Nc1ccccc1C#N. The van der Waals surface area contributed by atoms with Gasteiger partial charge in [0.05, 0.1) is 11.3 Å². The van der Waals surface area contributed by atoms with Gasteiger partial charge in [-0.2, -0.15) is 5.26 Å². The molecule has 0 aliphatic carbocycles. The van der Waals surface area contributed by atoms with Crippen LogP contribution in [0.4, 0.5) is 11.5 Å². The summed E-state index contributed by atoms with van der Waals surface area (Å²) in [5.41, 5.74) is 0.650. The molecule has 1 aromatic carbocycles. The number of para-hydroxylation sites is 1. The van der Waals surface area contributed by atoms with Gasteiger partial charge in [0.1, 0.15) is 12.3 Å². The van der Waals surface area contributed by atoms with E-state index in [9.17, 15) is 14.9 Å². The minimum Gasteiger partial charge on any atom is -0.473 e. The van der Waals surface area contributed by atoms with Crippen LogP contribution in [0.25, 0.3) is 0 Å². The number of rotatable bonds is 5. The zero-order valence-electron chi connectivity index (χ0n) is 12.1. The number of hydrogen-bond donors (Lipinski definition) is 1. The largest absolute Gasteiger partial charge is 0.473 e. The van der Waals surface area contributed by atoms with Crippen LogP contribution < -0.4 is 10.1 Å². The molecule has 0 radical (unpaired) electrons. The van der Waals surface area contributed by atoms with Gasteiger partial charge in [-0.1, -0.05) is 12.1 Å². The van der Waals surface area contributed by atoms with Gasteiger partial charge in [-0.15, -0.1) is 0 Å². The number of hydrogen-bond acceptors (Lipinski definition) is 6. The molecule has 0 unspecified atom stereocenters. The van der Waals surface area contributed by atoms with Gasteiger partial charge in [0.2, 0.25) is 5.75 Å². The van der Waals surface area contributed by atoms with Crippen LogP contribution in [0.1, 0.15) is 12.5 Å². The molecule has 1 N–H and O–H groups in total. The van der Waals surface area contributed by atoms with Crippen LogP contribution in [0, 0.1) is 21.4 Å². The highest BCUT2D eigenvalue weighted by Crippen LogP contribution is 2.24. The van der Waals surface area contributed by atoms with Crippen molar-refractivity contribution in [1.82, 2.24) is 4.98 Å². The van der Waals surface area contributed by atoms with Crippen molar-refractivity contribution >= 4 is 17.4 Å². The van der Waals surface area contributed by atoms with E-state index in [1.807, 2.05) is 6.07 Å². The van der Waals surface area contributed by atoms with Gasteiger partial charge < -0.3 is 20.2 Å².